The Bertz CT molecular complexity index is 1150. The highest BCUT2D eigenvalue weighted by Gasteiger charge is 2.28. The van der Waals surface area contributed by atoms with Crippen molar-refractivity contribution in [3.63, 3.8) is 0 Å². The van der Waals surface area contributed by atoms with E-state index in [1.54, 1.807) is 11.3 Å². The Morgan fingerprint density at radius 3 is 2.85 bits per heavy atom. The standard InChI is InChI=1S/C23H28N4O3S3/c1-4-7-15-11-14(12-31-15)20-25-26-23(27(20)10-5-2)32-13-18(28)24-21-19(22(29)30-3)16-8-6-9-17(16)33-21/h11-12H,4-10,13H2,1-3H3,(H,24,28). The van der Waals surface area contributed by atoms with Gasteiger partial charge in [0, 0.05) is 27.2 Å². The van der Waals surface area contributed by atoms with Gasteiger partial charge in [0.1, 0.15) is 5.00 Å². The monoisotopic (exact) mass is 504 g/mol. The fraction of sp³-hybridized carbons (Fsp3) is 0.478. The number of rotatable bonds is 10. The van der Waals surface area contributed by atoms with Crippen LogP contribution in [-0.2, 0) is 35.3 Å². The summed E-state index contributed by atoms with van der Waals surface area (Å²) in [6.07, 6.45) is 5.96. The maximum Gasteiger partial charge on any atom is 0.341 e. The van der Waals surface area contributed by atoms with Crippen LogP contribution < -0.4 is 5.32 Å². The van der Waals surface area contributed by atoms with Crippen LogP contribution in [0, 0.1) is 0 Å². The maximum absolute atomic E-state index is 12.8. The van der Waals surface area contributed by atoms with E-state index < -0.39 is 0 Å². The zero-order chi connectivity index (χ0) is 23.4. The minimum Gasteiger partial charge on any atom is -0.465 e. The molecule has 1 aliphatic carbocycles. The van der Waals surface area contributed by atoms with Crippen molar-refractivity contribution in [2.45, 2.75) is 64.1 Å². The summed E-state index contributed by atoms with van der Waals surface area (Å²) < 4.78 is 7.06. The predicted molar refractivity (Wildman–Crippen MR) is 135 cm³/mol. The smallest absolute Gasteiger partial charge is 0.341 e. The number of ether oxygens (including phenoxy) is 1. The number of amides is 1. The topological polar surface area (TPSA) is 86.1 Å². The van der Waals surface area contributed by atoms with Crippen molar-refractivity contribution in [2.75, 3.05) is 18.2 Å². The van der Waals surface area contributed by atoms with Gasteiger partial charge in [-0.05, 0) is 43.7 Å². The number of carbonyl (C=O) groups is 2. The summed E-state index contributed by atoms with van der Waals surface area (Å²) in [6.45, 7) is 5.08. The third-order valence-corrected chi connectivity index (χ3v) is 8.64. The first kappa shape index (κ1) is 24.0. The van der Waals surface area contributed by atoms with Crippen LogP contribution >= 0.6 is 34.4 Å². The Hall–Kier alpha value is -2.17. The number of methoxy groups -OCH3 is 1. The van der Waals surface area contributed by atoms with E-state index in [4.69, 9.17) is 4.74 Å². The number of nitrogens with zero attached hydrogens (tertiary/aromatic N) is 3. The quantitative estimate of drug-likeness (QED) is 0.292. The summed E-state index contributed by atoms with van der Waals surface area (Å²) in [4.78, 5) is 27.6. The van der Waals surface area contributed by atoms with Crippen molar-refractivity contribution < 1.29 is 14.3 Å². The molecule has 0 radical (unpaired) electrons. The van der Waals surface area contributed by atoms with E-state index in [1.807, 2.05) is 0 Å². The molecule has 0 saturated heterocycles. The van der Waals surface area contributed by atoms with Crippen molar-refractivity contribution in [3.05, 3.63) is 32.3 Å². The maximum atomic E-state index is 12.8. The summed E-state index contributed by atoms with van der Waals surface area (Å²) in [5.41, 5.74) is 2.63. The Morgan fingerprint density at radius 2 is 2.09 bits per heavy atom. The Labute approximate surface area is 206 Å². The normalized spacial score (nSPS) is 12.7. The number of thioether (sulfide) groups is 1. The van der Waals surface area contributed by atoms with Crippen LogP contribution in [-0.4, -0.2) is 39.5 Å². The molecule has 0 saturated carbocycles. The number of hydrogen-bond acceptors (Lipinski definition) is 8. The van der Waals surface area contributed by atoms with E-state index in [0.717, 1.165) is 67.2 Å². The first-order chi connectivity index (χ1) is 16.0. The number of anilines is 1. The molecule has 7 nitrogen and oxygen atoms in total. The van der Waals surface area contributed by atoms with Gasteiger partial charge < -0.3 is 14.6 Å². The number of thiophene rings is 2. The van der Waals surface area contributed by atoms with Crippen molar-refractivity contribution in [2.24, 2.45) is 0 Å². The molecule has 1 aliphatic rings. The summed E-state index contributed by atoms with van der Waals surface area (Å²) in [5.74, 6) is 0.484. The lowest BCUT2D eigenvalue weighted by atomic mass is 10.1. The number of aromatic nitrogens is 3. The van der Waals surface area contributed by atoms with Crippen molar-refractivity contribution in [1.29, 1.82) is 0 Å². The van der Waals surface area contributed by atoms with E-state index in [-0.39, 0.29) is 17.6 Å². The van der Waals surface area contributed by atoms with Crippen LogP contribution in [0.4, 0.5) is 5.00 Å². The molecule has 1 N–H and O–H groups in total. The highest BCUT2D eigenvalue weighted by Crippen LogP contribution is 2.39. The molecule has 0 atom stereocenters. The SMILES string of the molecule is CCCc1cc(-c2nnc(SCC(=O)Nc3sc4c(c3C(=O)OC)CCC4)n2CCC)cs1. The first-order valence-corrected chi connectivity index (χ1v) is 13.9. The molecule has 0 bridgehead atoms. The Kier molecular flexibility index (Phi) is 7.87. The van der Waals surface area contributed by atoms with E-state index in [0.29, 0.717) is 10.6 Å². The van der Waals surface area contributed by atoms with Gasteiger partial charge in [0.05, 0.1) is 18.4 Å². The molecule has 1 amide bonds. The third kappa shape index (κ3) is 5.17. The highest BCUT2D eigenvalue weighted by molar-refractivity contribution is 7.99. The van der Waals surface area contributed by atoms with Gasteiger partial charge in [0.25, 0.3) is 0 Å². The molecule has 176 valence electrons. The van der Waals surface area contributed by atoms with E-state index in [9.17, 15) is 9.59 Å². The molecule has 3 aromatic rings. The molecule has 3 aromatic heterocycles. The fourth-order valence-electron chi connectivity index (χ4n) is 4.01. The predicted octanol–water partition coefficient (Wildman–Crippen LogP) is 5.44. The second kappa shape index (κ2) is 10.8. The zero-order valence-electron chi connectivity index (χ0n) is 19.1. The zero-order valence-corrected chi connectivity index (χ0v) is 21.6. The van der Waals surface area contributed by atoms with Gasteiger partial charge in [0.2, 0.25) is 5.91 Å². The van der Waals surface area contributed by atoms with Crippen molar-refractivity contribution in [1.82, 2.24) is 14.8 Å². The molecule has 0 unspecified atom stereocenters. The van der Waals surface area contributed by atoms with Gasteiger partial charge in [-0.15, -0.1) is 32.9 Å². The van der Waals surface area contributed by atoms with E-state index >= 15 is 0 Å². The number of esters is 1. The van der Waals surface area contributed by atoms with Gasteiger partial charge in [-0.3, -0.25) is 4.79 Å². The lowest BCUT2D eigenvalue weighted by molar-refractivity contribution is -0.113. The van der Waals surface area contributed by atoms with Gasteiger partial charge >= 0.3 is 5.97 Å². The van der Waals surface area contributed by atoms with Crippen LogP contribution in [0.2, 0.25) is 0 Å². The molecule has 10 heteroatoms. The molecular formula is C23H28N4O3S3. The number of carbonyl (C=O) groups excluding carboxylic acids is 2. The summed E-state index contributed by atoms with van der Waals surface area (Å²) >= 11 is 4.60. The third-order valence-electron chi connectivity index (χ3n) is 5.47. The van der Waals surface area contributed by atoms with Crippen LogP contribution in [0.15, 0.2) is 16.6 Å². The Morgan fingerprint density at radius 1 is 1.24 bits per heavy atom. The van der Waals surface area contributed by atoms with E-state index in [1.165, 1.54) is 40.0 Å². The van der Waals surface area contributed by atoms with Gasteiger partial charge in [0.15, 0.2) is 11.0 Å². The number of fused-ring (bicyclic) bond motifs is 1. The first-order valence-electron chi connectivity index (χ1n) is 11.2. The molecule has 0 fully saturated rings. The number of hydrogen-bond donors (Lipinski definition) is 1. The van der Waals surface area contributed by atoms with Crippen molar-refractivity contribution in [3.8, 4) is 11.4 Å². The molecular weight excluding hydrogens is 476 g/mol. The van der Waals surface area contributed by atoms with Crippen LogP contribution in [0.5, 0.6) is 0 Å². The number of nitrogens with one attached hydrogen (secondary N) is 1. The minimum atomic E-state index is -0.386. The average Bonchev–Trinajstić information content (AvgIpc) is 3.57. The average molecular weight is 505 g/mol. The molecule has 0 aromatic carbocycles. The lowest BCUT2D eigenvalue weighted by Gasteiger charge is -2.09. The lowest BCUT2D eigenvalue weighted by Crippen LogP contribution is -2.16. The van der Waals surface area contributed by atoms with E-state index in [2.05, 4.69) is 45.4 Å². The minimum absolute atomic E-state index is 0.168. The molecule has 0 spiro atoms. The highest BCUT2D eigenvalue weighted by atomic mass is 32.2. The summed E-state index contributed by atoms with van der Waals surface area (Å²) in [5, 5.41) is 15.2. The van der Waals surface area contributed by atoms with Crippen LogP contribution in [0.3, 0.4) is 0 Å². The van der Waals surface area contributed by atoms with Crippen LogP contribution in [0.1, 0.15) is 58.8 Å². The summed E-state index contributed by atoms with van der Waals surface area (Å²) in [6, 6.07) is 2.19. The molecule has 4 rings (SSSR count). The van der Waals surface area contributed by atoms with Gasteiger partial charge in [-0.2, -0.15) is 0 Å². The summed E-state index contributed by atoms with van der Waals surface area (Å²) in [7, 11) is 1.37. The largest absolute Gasteiger partial charge is 0.465 e. The van der Waals surface area contributed by atoms with Crippen LogP contribution in [0.25, 0.3) is 11.4 Å². The van der Waals surface area contributed by atoms with Gasteiger partial charge in [-0.25, -0.2) is 4.79 Å². The molecule has 3 heterocycles. The van der Waals surface area contributed by atoms with Crippen molar-refractivity contribution >= 4 is 51.3 Å². The number of aryl methyl sites for hydroxylation is 2. The fourth-order valence-corrected chi connectivity index (χ4v) is 7.04. The molecule has 33 heavy (non-hydrogen) atoms. The van der Waals surface area contributed by atoms with Gasteiger partial charge in [-0.1, -0.05) is 32.0 Å². The second-order valence-electron chi connectivity index (χ2n) is 7.90. The Balaban J connectivity index is 1.47. The molecule has 0 aliphatic heterocycles. The second-order valence-corrected chi connectivity index (χ2v) is 10.9.